The van der Waals surface area contributed by atoms with Crippen LogP contribution in [0.25, 0.3) is 0 Å². The lowest BCUT2D eigenvalue weighted by molar-refractivity contribution is -0.138. The number of likely N-dealkylation sites (tertiary alicyclic amines) is 1. The molecule has 1 aliphatic heterocycles. The first-order chi connectivity index (χ1) is 11.6. The first-order valence-corrected chi connectivity index (χ1v) is 8.95. The molecule has 2 rings (SSSR count). The van der Waals surface area contributed by atoms with Gasteiger partial charge in [-0.25, -0.2) is 0 Å². The van der Waals surface area contributed by atoms with E-state index in [2.05, 4.69) is 30.0 Å². The number of nitrogens with zero attached hydrogens (tertiary/aromatic N) is 2. The minimum absolute atomic E-state index is 0.124. The summed E-state index contributed by atoms with van der Waals surface area (Å²) in [5.41, 5.74) is 1.24. The van der Waals surface area contributed by atoms with Crippen molar-refractivity contribution in [2.24, 2.45) is 0 Å². The van der Waals surface area contributed by atoms with Crippen molar-refractivity contribution < 1.29 is 14.6 Å². The average Bonchev–Trinajstić information content (AvgIpc) is 2.56. The van der Waals surface area contributed by atoms with E-state index in [1.165, 1.54) is 5.56 Å². The standard InChI is InChI=1S/C19H30N2O3/c1-3-4-13-24-18-8-6-5-7-16(18)14-21-11-9-17(10-12-21)20(2)15-19(22)23/h5-8,17H,3-4,9-15H2,1-2H3,(H,22,23). The van der Waals surface area contributed by atoms with E-state index in [1.54, 1.807) is 0 Å². The van der Waals surface area contributed by atoms with E-state index in [9.17, 15) is 4.79 Å². The van der Waals surface area contributed by atoms with Gasteiger partial charge in [0, 0.05) is 18.2 Å². The summed E-state index contributed by atoms with van der Waals surface area (Å²) in [6.07, 6.45) is 4.25. The highest BCUT2D eigenvalue weighted by Gasteiger charge is 2.24. The lowest BCUT2D eigenvalue weighted by Gasteiger charge is -2.36. The normalized spacial score (nSPS) is 16.5. The largest absolute Gasteiger partial charge is 0.493 e. The zero-order valence-electron chi connectivity index (χ0n) is 14.9. The van der Waals surface area contributed by atoms with Crippen LogP contribution in [-0.4, -0.2) is 60.2 Å². The third kappa shape index (κ3) is 5.80. The number of carboxylic acid groups (broad SMARTS) is 1. The van der Waals surface area contributed by atoms with Crippen molar-refractivity contribution in [3.63, 3.8) is 0 Å². The Balaban J connectivity index is 1.84. The Morgan fingerprint density at radius 1 is 1.33 bits per heavy atom. The Morgan fingerprint density at radius 2 is 2.04 bits per heavy atom. The van der Waals surface area contributed by atoms with Gasteiger partial charge in [-0.05, 0) is 45.5 Å². The van der Waals surface area contributed by atoms with Crippen LogP contribution in [0.3, 0.4) is 0 Å². The molecule has 1 aliphatic rings. The maximum Gasteiger partial charge on any atom is 0.317 e. The molecule has 0 radical (unpaired) electrons. The topological polar surface area (TPSA) is 53.0 Å². The van der Waals surface area contributed by atoms with Crippen molar-refractivity contribution in [2.45, 2.75) is 45.2 Å². The van der Waals surface area contributed by atoms with E-state index in [4.69, 9.17) is 9.84 Å². The van der Waals surface area contributed by atoms with Crippen molar-refractivity contribution in [3.8, 4) is 5.75 Å². The number of hydrogen-bond acceptors (Lipinski definition) is 4. The molecule has 1 aromatic rings. The Hall–Kier alpha value is -1.59. The molecule has 1 heterocycles. The van der Waals surface area contributed by atoms with Crippen LogP contribution in [0.5, 0.6) is 5.75 Å². The van der Waals surface area contributed by atoms with Crippen LogP contribution in [0.2, 0.25) is 0 Å². The third-order valence-corrected chi connectivity index (χ3v) is 4.69. The highest BCUT2D eigenvalue weighted by Crippen LogP contribution is 2.23. The van der Waals surface area contributed by atoms with Crippen LogP contribution in [0.4, 0.5) is 0 Å². The number of aliphatic carboxylic acids is 1. The Kier molecular flexibility index (Phi) is 7.53. The summed E-state index contributed by atoms with van der Waals surface area (Å²) in [7, 11) is 1.91. The molecule has 0 aliphatic carbocycles. The SMILES string of the molecule is CCCCOc1ccccc1CN1CCC(N(C)CC(=O)O)CC1. The van der Waals surface area contributed by atoms with Gasteiger partial charge in [-0.1, -0.05) is 31.5 Å². The molecule has 1 fully saturated rings. The van der Waals surface area contributed by atoms with Gasteiger partial charge in [0.15, 0.2) is 0 Å². The van der Waals surface area contributed by atoms with Crippen LogP contribution in [0, 0.1) is 0 Å². The number of carbonyl (C=O) groups is 1. The minimum atomic E-state index is -0.752. The van der Waals surface area contributed by atoms with Crippen LogP contribution in [-0.2, 0) is 11.3 Å². The molecule has 134 valence electrons. The molecule has 0 amide bonds. The zero-order valence-corrected chi connectivity index (χ0v) is 14.9. The number of rotatable bonds is 9. The fraction of sp³-hybridized carbons (Fsp3) is 0.632. The van der Waals surface area contributed by atoms with Gasteiger partial charge < -0.3 is 9.84 Å². The molecule has 24 heavy (non-hydrogen) atoms. The molecule has 1 aromatic carbocycles. The number of para-hydroxylation sites is 1. The number of benzene rings is 1. The molecule has 0 spiro atoms. The van der Waals surface area contributed by atoms with Crippen LogP contribution >= 0.6 is 0 Å². The summed E-state index contributed by atoms with van der Waals surface area (Å²) in [6.45, 7) is 5.96. The monoisotopic (exact) mass is 334 g/mol. The summed E-state index contributed by atoms with van der Waals surface area (Å²) < 4.78 is 5.92. The highest BCUT2D eigenvalue weighted by atomic mass is 16.5. The summed E-state index contributed by atoms with van der Waals surface area (Å²) in [6, 6.07) is 8.66. The number of carboxylic acids is 1. The summed E-state index contributed by atoms with van der Waals surface area (Å²) in [4.78, 5) is 15.2. The molecule has 0 atom stereocenters. The molecule has 0 aromatic heterocycles. The molecule has 1 saturated heterocycles. The van der Waals surface area contributed by atoms with Crippen molar-refractivity contribution in [1.82, 2.24) is 9.80 Å². The van der Waals surface area contributed by atoms with E-state index in [0.717, 1.165) is 57.7 Å². The fourth-order valence-corrected chi connectivity index (χ4v) is 3.20. The number of hydrogen-bond donors (Lipinski definition) is 1. The van der Waals surface area contributed by atoms with Gasteiger partial charge in [-0.2, -0.15) is 0 Å². The van der Waals surface area contributed by atoms with Crippen molar-refractivity contribution in [3.05, 3.63) is 29.8 Å². The smallest absolute Gasteiger partial charge is 0.317 e. The van der Waals surface area contributed by atoms with Crippen molar-refractivity contribution >= 4 is 5.97 Å². The van der Waals surface area contributed by atoms with Crippen molar-refractivity contribution in [1.29, 1.82) is 0 Å². The molecule has 0 bridgehead atoms. The van der Waals surface area contributed by atoms with E-state index in [0.29, 0.717) is 6.04 Å². The second-order valence-electron chi connectivity index (χ2n) is 6.63. The van der Waals surface area contributed by atoms with E-state index < -0.39 is 5.97 Å². The second-order valence-corrected chi connectivity index (χ2v) is 6.63. The first-order valence-electron chi connectivity index (χ1n) is 8.95. The zero-order chi connectivity index (χ0) is 17.4. The Labute approximate surface area is 145 Å². The lowest BCUT2D eigenvalue weighted by atomic mass is 10.0. The quantitative estimate of drug-likeness (QED) is 0.704. The first kappa shape index (κ1) is 18.7. The molecule has 1 N–H and O–H groups in total. The molecule has 5 heteroatoms. The number of piperidine rings is 1. The number of unbranched alkanes of at least 4 members (excludes halogenated alkanes) is 1. The van der Waals surface area contributed by atoms with E-state index >= 15 is 0 Å². The molecule has 5 nitrogen and oxygen atoms in total. The van der Waals surface area contributed by atoms with E-state index in [1.807, 2.05) is 18.0 Å². The predicted molar refractivity (Wildman–Crippen MR) is 95.4 cm³/mol. The third-order valence-electron chi connectivity index (χ3n) is 4.69. The number of ether oxygens (including phenoxy) is 1. The van der Waals surface area contributed by atoms with Crippen molar-refractivity contribution in [2.75, 3.05) is 33.3 Å². The van der Waals surface area contributed by atoms with Gasteiger partial charge in [-0.3, -0.25) is 14.6 Å². The molecule has 0 saturated carbocycles. The predicted octanol–water partition coefficient (Wildman–Crippen LogP) is 2.85. The molecular formula is C19H30N2O3. The molecular weight excluding hydrogens is 304 g/mol. The maximum absolute atomic E-state index is 10.8. The molecule has 0 unspecified atom stereocenters. The van der Waals surface area contributed by atoms with Gasteiger partial charge in [0.2, 0.25) is 0 Å². The summed E-state index contributed by atoms with van der Waals surface area (Å²) in [5.74, 6) is 0.245. The van der Waals surface area contributed by atoms with Crippen LogP contribution in [0.1, 0.15) is 38.2 Å². The lowest BCUT2D eigenvalue weighted by Crippen LogP contribution is -2.44. The van der Waals surface area contributed by atoms with E-state index in [-0.39, 0.29) is 6.54 Å². The summed E-state index contributed by atoms with van der Waals surface area (Å²) >= 11 is 0. The highest BCUT2D eigenvalue weighted by molar-refractivity contribution is 5.69. The second kappa shape index (κ2) is 9.64. The van der Waals surface area contributed by atoms with Gasteiger partial charge in [-0.15, -0.1) is 0 Å². The van der Waals surface area contributed by atoms with Gasteiger partial charge in [0.05, 0.1) is 13.2 Å². The average molecular weight is 334 g/mol. The van der Waals surface area contributed by atoms with Crippen LogP contribution < -0.4 is 4.74 Å². The number of likely N-dealkylation sites (N-methyl/N-ethyl adjacent to an activating group) is 1. The maximum atomic E-state index is 10.8. The van der Waals surface area contributed by atoms with Gasteiger partial charge in [0.25, 0.3) is 0 Å². The minimum Gasteiger partial charge on any atom is -0.493 e. The Bertz CT molecular complexity index is 513. The van der Waals surface area contributed by atoms with Crippen LogP contribution in [0.15, 0.2) is 24.3 Å². The fourth-order valence-electron chi connectivity index (χ4n) is 3.20. The van der Waals surface area contributed by atoms with Gasteiger partial charge in [0.1, 0.15) is 5.75 Å². The summed E-state index contributed by atoms with van der Waals surface area (Å²) in [5, 5.41) is 8.91. The van der Waals surface area contributed by atoms with Gasteiger partial charge >= 0.3 is 5.97 Å². The Morgan fingerprint density at radius 3 is 2.71 bits per heavy atom.